The molecule has 0 aromatic heterocycles. The maximum atomic E-state index is 11.8. The van der Waals surface area contributed by atoms with Crippen LogP contribution < -0.4 is 10.6 Å². The summed E-state index contributed by atoms with van der Waals surface area (Å²) in [6.45, 7) is 5.64. The lowest BCUT2D eigenvalue weighted by molar-refractivity contribution is -0.119. The first-order chi connectivity index (χ1) is 9.45. The molecule has 0 atom stereocenters. The van der Waals surface area contributed by atoms with E-state index in [1.165, 1.54) is 6.08 Å². The smallest absolute Gasteiger partial charge is 0.248 e. The Morgan fingerprint density at radius 1 is 1.30 bits per heavy atom. The van der Waals surface area contributed by atoms with Crippen LogP contribution in [0.2, 0.25) is 0 Å². The Hall–Kier alpha value is -2.36. The third kappa shape index (κ3) is 2.64. The third-order valence-corrected chi connectivity index (χ3v) is 3.33. The summed E-state index contributed by atoms with van der Waals surface area (Å²) in [6.07, 6.45) is 6.76. The van der Waals surface area contributed by atoms with Crippen molar-refractivity contribution in [2.45, 2.75) is 26.2 Å². The second-order valence-corrected chi connectivity index (χ2v) is 5.21. The zero-order valence-electron chi connectivity index (χ0n) is 11.9. The summed E-state index contributed by atoms with van der Waals surface area (Å²) in [7, 11) is 0. The Kier molecular flexibility index (Phi) is 3.74. The van der Waals surface area contributed by atoms with Crippen LogP contribution >= 0.6 is 0 Å². The van der Waals surface area contributed by atoms with Crippen LogP contribution in [0.25, 0.3) is 0 Å². The number of carbonyl (C=O) groups excluding carboxylic acids is 2. The molecule has 0 saturated heterocycles. The number of rotatable bonds is 3. The Morgan fingerprint density at radius 2 is 2.05 bits per heavy atom. The minimum atomic E-state index is -0.524. The molecule has 4 heteroatoms. The number of hydrogen-bond donors (Lipinski definition) is 2. The lowest BCUT2D eigenvalue weighted by atomic mass is 9.86. The van der Waals surface area contributed by atoms with Crippen LogP contribution in [-0.4, -0.2) is 11.8 Å². The molecular formula is C16H18N2O2. The van der Waals surface area contributed by atoms with Crippen molar-refractivity contribution in [2.75, 3.05) is 10.6 Å². The molecule has 0 fully saturated rings. The highest BCUT2D eigenvalue weighted by molar-refractivity contribution is 6.07. The second-order valence-electron chi connectivity index (χ2n) is 5.21. The van der Waals surface area contributed by atoms with Crippen LogP contribution in [0.4, 0.5) is 11.4 Å². The van der Waals surface area contributed by atoms with Gasteiger partial charge in [0.2, 0.25) is 11.8 Å². The molecule has 0 spiro atoms. The van der Waals surface area contributed by atoms with Crippen molar-refractivity contribution < 1.29 is 9.59 Å². The molecule has 0 aliphatic carbocycles. The van der Waals surface area contributed by atoms with Crippen LogP contribution in [0.15, 0.2) is 42.5 Å². The molecule has 0 unspecified atom stereocenters. The van der Waals surface area contributed by atoms with Gasteiger partial charge in [-0.3, -0.25) is 9.59 Å². The number of fused-ring (bicyclic) bond motifs is 1. The van der Waals surface area contributed by atoms with E-state index in [0.29, 0.717) is 5.69 Å². The molecule has 1 aromatic rings. The fourth-order valence-electron chi connectivity index (χ4n) is 2.11. The number of anilines is 2. The maximum absolute atomic E-state index is 11.8. The molecule has 1 aliphatic heterocycles. The van der Waals surface area contributed by atoms with E-state index in [2.05, 4.69) is 10.6 Å². The van der Waals surface area contributed by atoms with Gasteiger partial charge in [0.25, 0.3) is 0 Å². The summed E-state index contributed by atoms with van der Waals surface area (Å²) in [5.74, 6) is -0.226. The lowest BCUT2D eigenvalue weighted by Gasteiger charge is -2.15. The van der Waals surface area contributed by atoms with Crippen molar-refractivity contribution in [1.29, 1.82) is 0 Å². The summed E-state index contributed by atoms with van der Waals surface area (Å²) in [5, 5.41) is 5.60. The molecule has 104 valence electrons. The van der Waals surface area contributed by atoms with Gasteiger partial charge in [0.1, 0.15) is 0 Å². The number of benzene rings is 1. The predicted octanol–water partition coefficient (Wildman–Crippen LogP) is 2.99. The number of hydrogen-bond acceptors (Lipinski definition) is 2. The Bertz CT molecular complexity index is 613. The van der Waals surface area contributed by atoms with E-state index in [9.17, 15) is 9.59 Å². The second kappa shape index (κ2) is 5.33. The van der Waals surface area contributed by atoms with Crippen LogP contribution in [0.1, 0.15) is 26.3 Å². The van der Waals surface area contributed by atoms with Gasteiger partial charge in [-0.1, -0.05) is 24.3 Å². The highest BCUT2D eigenvalue weighted by Gasteiger charge is 2.38. The number of carbonyl (C=O) groups is 2. The highest BCUT2D eigenvalue weighted by Crippen LogP contribution is 2.38. The average Bonchev–Trinajstić information content (AvgIpc) is 2.60. The normalized spacial score (nSPS) is 16.4. The molecule has 0 bridgehead atoms. The van der Waals surface area contributed by atoms with Crippen molar-refractivity contribution >= 4 is 23.2 Å². The molecule has 2 rings (SSSR count). The van der Waals surface area contributed by atoms with Crippen LogP contribution in [0.3, 0.4) is 0 Å². The first-order valence-electron chi connectivity index (χ1n) is 6.51. The predicted molar refractivity (Wildman–Crippen MR) is 80.7 cm³/mol. The van der Waals surface area contributed by atoms with Gasteiger partial charge in [-0.05, 0) is 38.5 Å². The minimum absolute atomic E-state index is 0.0241. The number of allylic oxidation sites excluding steroid dienone is 3. The molecule has 2 amide bonds. The SMILES string of the molecule is CC=CC=CC(=O)Nc1ccc2c(c1)NC(=O)C2(C)C. The van der Waals surface area contributed by atoms with Gasteiger partial charge in [0.15, 0.2) is 0 Å². The van der Waals surface area contributed by atoms with Crippen molar-refractivity contribution in [1.82, 2.24) is 0 Å². The van der Waals surface area contributed by atoms with Crippen molar-refractivity contribution in [2.24, 2.45) is 0 Å². The monoisotopic (exact) mass is 270 g/mol. The summed E-state index contributed by atoms with van der Waals surface area (Å²) < 4.78 is 0. The third-order valence-electron chi connectivity index (χ3n) is 3.33. The van der Waals surface area contributed by atoms with Crippen molar-refractivity contribution in [3.8, 4) is 0 Å². The molecule has 20 heavy (non-hydrogen) atoms. The van der Waals surface area contributed by atoms with Gasteiger partial charge in [0.05, 0.1) is 5.41 Å². The Balaban J connectivity index is 2.16. The van der Waals surface area contributed by atoms with E-state index in [0.717, 1.165) is 11.3 Å². The zero-order valence-corrected chi connectivity index (χ0v) is 11.9. The van der Waals surface area contributed by atoms with Gasteiger partial charge >= 0.3 is 0 Å². The average molecular weight is 270 g/mol. The first-order valence-corrected chi connectivity index (χ1v) is 6.51. The Labute approximate surface area is 118 Å². The van der Waals surface area contributed by atoms with E-state index < -0.39 is 5.41 Å². The maximum Gasteiger partial charge on any atom is 0.248 e. The lowest BCUT2D eigenvalue weighted by Crippen LogP contribution is -2.26. The first kappa shape index (κ1) is 14.1. The quantitative estimate of drug-likeness (QED) is 0.655. The van der Waals surface area contributed by atoms with Gasteiger partial charge < -0.3 is 10.6 Å². The summed E-state index contributed by atoms with van der Waals surface area (Å²) in [5.41, 5.74) is 1.85. The van der Waals surface area contributed by atoms with E-state index in [1.54, 1.807) is 18.2 Å². The zero-order chi connectivity index (χ0) is 14.8. The minimum Gasteiger partial charge on any atom is -0.325 e. The van der Waals surface area contributed by atoms with Crippen LogP contribution in [-0.2, 0) is 15.0 Å². The molecule has 4 nitrogen and oxygen atoms in total. The van der Waals surface area contributed by atoms with E-state index in [1.807, 2.05) is 39.0 Å². The van der Waals surface area contributed by atoms with Gasteiger partial charge in [-0.2, -0.15) is 0 Å². The van der Waals surface area contributed by atoms with Crippen molar-refractivity contribution in [3.63, 3.8) is 0 Å². The van der Waals surface area contributed by atoms with Crippen molar-refractivity contribution in [3.05, 3.63) is 48.1 Å². The molecular weight excluding hydrogens is 252 g/mol. The number of nitrogens with one attached hydrogen (secondary N) is 2. The standard InChI is InChI=1S/C16H18N2O2/c1-4-5-6-7-14(19)17-11-8-9-12-13(10-11)18-15(20)16(12,2)3/h4-10H,1-3H3,(H,17,19)(H,18,20). The molecule has 0 saturated carbocycles. The Morgan fingerprint density at radius 3 is 2.75 bits per heavy atom. The highest BCUT2D eigenvalue weighted by atomic mass is 16.2. The van der Waals surface area contributed by atoms with Crippen LogP contribution in [0.5, 0.6) is 0 Å². The molecule has 1 aromatic carbocycles. The number of amides is 2. The molecule has 1 heterocycles. The van der Waals surface area contributed by atoms with Gasteiger partial charge in [0, 0.05) is 17.5 Å². The largest absolute Gasteiger partial charge is 0.325 e. The van der Waals surface area contributed by atoms with E-state index >= 15 is 0 Å². The fourth-order valence-corrected chi connectivity index (χ4v) is 2.11. The summed E-state index contributed by atoms with van der Waals surface area (Å²) in [4.78, 5) is 23.5. The van der Waals surface area contributed by atoms with E-state index in [-0.39, 0.29) is 11.8 Å². The van der Waals surface area contributed by atoms with Gasteiger partial charge in [-0.25, -0.2) is 0 Å². The van der Waals surface area contributed by atoms with Gasteiger partial charge in [-0.15, -0.1) is 0 Å². The summed E-state index contributed by atoms with van der Waals surface area (Å²) >= 11 is 0. The van der Waals surface area contributed by atoms with E-state index in [4.69, 9.17) is 0 Å². The van der Waals surface area contributed by atoms with Crippen LogP contribution in [0, 0.1) is 0 Å². The topological polar surface area (TPSA) is 58.2 Å². The fraction of sp³-hybridized carbons (Fsp3) is 0.250. The summed E-state index contributed by atoms with van der Waals surface area (Å²) in [6, 6.07) is 5.46. The molecule has 1 aliphatic rings. The molecule has 0 radical (unpaired) electrons. The molecule has 2 N–H and O–H groups in total.